The first kappa shape index (κ1) is 16.0. The Kier molecular flexibility index (Phi) is 4.75. The van der Waals surface area contributed by atoms with Crippen LogP contribution in [0.4, 0.5) is 23.7 Å². The lowest BCUT2D eigenvalue weighted by molar-refractivity contribution is -0.137. The Morgan fingerprint density at radius 1 is 1.20 bits per heavy atom. The molecule has 2 N–H and O–H groups in total. The zero-order valence-corrected chi connectivity index (χ0v) is 11.3. The molecule has 20 heavy (non-hydrogen) atoms. The van der Waals surface area contributed by atoms with Crippen LogP contribution in [0.25, 0.3) is 0 Å². The summed E-state index contributed by atoms with van der Waals surface area (Å²) < 4.78 is 37.8. The highest BCUT2D eigenvalue weighted by atomic mass is 19.4. The van der Waals surface area contributed by atoms with Gasteiger partial charge in [0.2, 0.25) is 0 Å². The molecule has 0 saturated heterocycles. The summed E-state index contributed by atoms with van der Waals surface area (Å²) in [7, 11) is 0. The van der Waals surface area contributed by atoms with E-state index in [1.165, 1.54) is 0 Å². The molecule has 0 radical (unpaired) electrons. The Morgan fingerprint density at radius 3 is 2.25 bits per heavy atom. The number of carbonyl (C=O) groups is 2. The molecule has 1 rings (SSSR count). The van der Waals surface area contributed by atoms with Crippen molar-refractivity contribution < 1.29 is 22.8 Å². The van der Waals surface area contributed by atoms with Crippen LogP contribution in [0.2, 0.25) is 0 Å². The van der Waals surface area contributed by atoms with E-state index in [1.807, 2.05) is 0 Å². The number of amides is 2. The average Bonchev–Trinajstić information content (AvgIpc) is 2.26. The molecule has 0 fully saturated rings. The first-order valence-electron chi connectivity index (χ1n) is 5.91. The SMILES string of the molecule is CC(=O)c1cc(C(F)(F)F)ccc1NC(=O)NC(C)C. The minimum absolute atomic E-state index is 0.0450. The summed E-state index contributed by atoms with van der Waals surface area (Å²) >= 11 is 0. The fourth-order valence-corrected chi connectivity index (χ4v) is 1.54. The van der Waals surface area contributed by atoms with Crippen LogP contribution in [0.3, 0.4) is 0 Å². The fourth-order valence-electron chi connectivity index (χ4n) is 1.54. The van der Waals surface area contributed by atoms with Crippen LogP contribution >= 0.6 is 0 Å². The Bertz CT molecular complexity index is 525. The molecule has 0 bridgehead atoms. The summed E-state index contributed by atoms with van der Waals surface area (Å²) in [6, 6.07) is 1.90. The summed E-state index contributed by atoms with van der Waals surface area (Å²) in [4.78, 5) is 22.9. The lowest BCUT2D eigenvalue weighted by Gasteiger charge is -2.14. The van der Waals surface area contributed by atoms with Crippen molar-refractivity contribution in [2.24, 2.45) is 0 Å². The largest absolute Gasteiger partial charge is 0.416 e. The van der Waals surface area contributed by atoms with Crippen molar-refractivity contribution in [1.29, 1.82) is 0 Å². The maximum absolute atomic E-state index is 12.6. The van der Waals surface area contributed by atoms with Gasteiger partial charge in [-0.05, 0) is 39.0 Å². The van der Waals surface area contributed by atoms with Crippen LogP contribution in [-0.2, 0) is 6.18 Å². The minimum atomic E-state index is -4.54. The molecule has 4 nitrogen and oxygen atoms in total. The fraction of sp³-hybridized carbons (Fsp3) is 0.385. The van der Waals surface area contributed by atoms with Gasteiger partial charge >= 0.3 is 12.2 Å². The molecule has 7 heteroatoms. The molecule has 0 aliphatic heterocycles. The molecule has 0 aromatic heterocycles. The zero-order chi connectivity index (χ0) is 15.5. The standard InChI is InChI=1S/C13H15F3N2O2/c1-7(2)17-12(20)18-11-5-4-9(13(14,15)16)6-10(11)8(3)19/h4-7H,1-3H3,(H2,17,18,20). The summed E-state index contributed by atoms with van der Waals surface area (Å²) in [6.07, 6.45) is -4.54. The monoisotopic (exact) mass is 288 g/mol. The summed E-state index contributed by atoms with van der Waals surface area (Å²) in [5, 5.41) is 4.88. The molecule has 1 aromatic carbocycles. The number of rotatable bonds is 3. The molecule has 0 aliphatic rings. The summed E-state index contributed by atoms with van der Waals surface area (Å²) in [6.45, 7) is 4.61. The maximum Gasteiger partial charge on any atom is 0.416 e. The smallest absolute Gasteiger partial charge is 0.336 e. The molecular formula is C13H15F3N2O2. The number of urea groups is 1. The van der Waals surface area contributed by atoms with Gasteiger partial charge in [0, 0.05) is 11.6 Å². The van der Waals surface area contributed by atoms with Gasteiger partial charge in [-0.25, -0.2) is 4.79 Å². The predicted molar refractivity (Wildman–Crippen MR) is 68.7 cm³/mol. The molecule has 110 valence electrons. The zero-order valence-electron chi connectivity index (χ0n) is 11.3. The molecule has 2 amide bonds. The number of ketones is 1. The van der Waals surface area contributed by atoms with Crippen LogP contribution in [0.15, 0.2) is 18.2 Å². The van der Waals surface area contributed by atoms with Gasteiger partial charge in [-0.3, -0.25) is 4.79 Å². The Labute approximate surface area is 114 Å². The van der Waals surface area contributed by atoms with E-state index in [0.29, 0.717) is 0 Å². The first-order valence-corrected chi connectivity index (χ1v) is 5.91. The van der Waals surface area contributed by atoms with Crippen molar-refractivity contribution in [2.75, 3.05) is 5.32 Å². The summed E-state index contributed by atoms with van der Waals surface area (Å²) in [5.74, 6) is -0.559. The number of alkyl halides is 3. The van der Waals surface area contributed by atoms with Gasteiger partial charge in [-0.15, -0.1) is 0 Å². The van der Waals surface area contributed by atoms with Crippen LogP contribution in [0.5, 0.6) is 0 Å². The Morgan fingerprint density at radius 2 is 1.80 bits per heavy atom. The third-order valence-electron chi connectivity index (χ3n) is 2.39. The highest BCUT2D eigenvalue weighted by molar-refractivity contribution is 6.03. The average molecular weight is 288 g/mol. The van der Waals surface area contributed by atoms with E-state index in [2.05, 4.69) is 10.6 Å². The van der Waals surface area contributed by atoms with E-state index < -0.39 is 23.6 Å². The second kappa shape index (κ2) is 5.94. The molecular weight excluding hydrogens is 273 g/mol. The normalized spacial score (nSPS) is 11.3. The third kappa shape index (κ3) is 4.25. The Hall–Kier alpha value is -2.05. The van der Waals surface area contributed by atoms with Gasteiger partial charge < -0.3 is 10.6 Å². The maximum atomic E-state index is 12.6. The number of hydrogen-bond acceptors (Lipinski definition) is 2. The predicted octanol–water partition coefficient (Wildman–Crippen LogP) is 3.44. The second-order valence-electron chi connectivity index (χ2n) is 4.57. The van der Waals surface area contributed by atoms with Crippen molar-refractivity contribution in [1.82, 2.24) is 5.32 Å². The van der Waals surface area contributed by atoms with E-state index in [1.54, 1.807) is 13.8 Å². The third-order valence-corrected chi connectivity index (χ3v) is 2.39. The van der Waals surface area contributed by atoms with E-state index in [0.717, 1.165) is 25.1 Å². The van der Waals surface area contributed by atoms with Crippen LogP contribution in [0, 0.1) is 0 Å². The lowest BCUT2D eigenvalue weighted by atomic mass is 10.1. The van der Waals surface area contributed by atoms with Crippen molar-refractivity contribution in [3.8, 4) is 0 Å². The first-order chi connectivity index (χ1) is 9.11. The van der Waals surface area contributed by atoms with Crippen LogP contribution in [0.1, 0.15) is 36.7 Å². The van der Waals surface area contributed by atoms with Crippen molar-refractivity contribution in [3.05, 3.63) is 29.3 Å². The number of hydrogen-bond donors (Lipinski definition) is 2. The summed E-state index contributed by atoms with van der Waals surface area (Å²) in [5.41, 5.74) is -1.07. The van der Waals surface area contributed by atoms with Gasteiger partial charge in [0.25, 0.3) is 0 Å². The van der Waals surface area contributed by atoms with E-state index in [-0.39, 0.29) is 17.3 Å². The number of carbonyl (C=O) groups excluding carboxylic acids is 2. The Balaban J connectivity index is 3.08. The highest BCUT2D eigenvalue weighted by Crippen LogP contribution is 2.32. The molecule has 0 spiro atoms. The molecule has 0 heterocycles. The highest BCUT2D eigenvalue weighted by Gasteiger charge is 2.31. The van der Waals surface area contributed by atoms with Gasteiger partial charge in [0.1, 0.15) is 0 Å². The lowest BCUT2D eigenvalue weighted by Crippen LogP contribution is -2.34. The van der Waals surface area contributed by atoms with E-state index >= 15 is 0 Å². The second-order valence-corrected chi connectivity index (χ2v) is 4.57. The topological polar surface area (TPSA) is 58.2 Å². The molecule has 0 unspecified atom stereocenters. The van der Waals surface area contributed by atoms with Crippen LogP contribution < -0.4 is 10.6 Å². The molecule has 1 aromatic rings. The molecule has 0 atom stereocenters. The number of halogens is 3. The number of benzene rings is 1. The van der Waals surface area contributed by atoms with Crippen molar-refractivity contribution in [2.45, 2.75) is 33.0 Å². The molecule has 0 saturated carbocycles. The quantitative estimate of drug-likeness (QED) is 0.837. The van der Waals surface area contributed by atoms with Gasteiger partial charge in [-0.1, -0.05) is 0 Å². The van der Waals surface area contributed by atoms with Gasteiger partial charge in [-0.2, -0.15) is 13.2 Å². The van der Waals surface area contributed by atoms with E-state index in [9.17, 15) is 22.8 Å². The van der Waals surface area contributed by atoms with Gasteiger partial charge in [0.15, 0.2) is 5.78 Å². The molecule has 0 aliphatic carbocycles. The van der Waals surface area contributed by atoms with Crippen molar-refractivity contribution >= 4 is 17.5 Å². The number of Topliss-reactive ketones (excluding diaryl/α,β-unsaturated/α-hetero) is 1. The number of nitrogens with one attached hydrogen (secondary N) is 2. The van der Waals surface area contributed by atoms with Gasteiger partial charge in [0.05, 0.1) is 11.3 Å². The van der Waals surface area contributed by atoms with E-state index in [4.69, 9.17) is 0 Å². The number of anilines is 1. The minimum Gasteiger partial charge on any atom is -0.336 e. The van der Waals surface area contributed by atoms with Crippen LogP contribution in [-0.4, -0.2) is 17.9 Å². The van der Waals surface area contributed by atoms with Crippen molar-refractivity contribution in [3.63, 3.8) is 0 Å².